The minimum atomic E-state index is 0.761. The van der Waals surface area contributed by atoms with Gasteiger partial charge in [0.1, 0.15) is 0 Å². The Hall–Kier alpha value is -0.470. The number of fused-ring (bicyclic) bond motifs is 1. The second-order valence-electron chi connectivity index (χ2n) is 4.99. The summed E-state index contributed by atoms with van der Waals surface area (Å²) in [5, 5.41) is 4.37. The van der Waals surface area contributed by atoms with Crippen molar-refractivity contribution in [2.75, 3.05) is 13.1 Å². The Bertz CT molecular complexity index is 335. The fourth-order valence-corrected chi connectivity index (χ4v) is 3.63. The molecule has 0 spiro atoms. The van der Waals surface area contributed by atoms with Crippen LogP contribution in [0, 0.1) is 5.92 Å². The first-order valence-electron chi connectivity index (χ1n) is 6.37. The van der Waals surface area contributed by atoms with Gasteiger partial charge in [-0.05, 0) is 36.9 Å². The van der Waals surface area contributed by atoms with Crippen molar-refractivity contribution in [1.29, 1.82) is 0 Å². The van der Waals surface area contributed by atoms with Gasteiger partial charge in [0.25, 0.3) is 0 Å². The van der Waals surface area contributed by atoms with Crippen molar-refractivity contribution in [3.63, 3.8) is 0 Å². The smallest absolute Gasteiger partial charge is 0.0260 e. The zero-order chi connectivity index (χ0) is 10.8. The highest BCUT2D eigenvalue weighted by Gasteiger charge is 2.22. The Morgan fingerprint density at radius 1 is 1.25 bits per heavy atom. The zero-order valence-corrected chi connectivity index (χ0v) is 10.4. The van der Waals surface area contributed by atoms with Crippen LogP contribution in [0.25, 0.3) is 0 Å². The van der Waals surface area contributed by atoms with Gasteiger partial charge >= 0.3 is 0 Å². The molecule has 1 saturated carbocycles. The van der Waals surface area contributed by atoms with Gasteiger partial charge in [0, 0.05) is 16.7 Å². The Kier molecular flexibility index (Phi) is 3.20. The Morgan fingerprint density at radius 2 is 2.12 bits per heavy atom. The van der Waals surface area contributed by atoms with E-state index in [1.54, 1.807) is 5.56 Å². The molecule has 16 heavy (non-hydrogen) atoms. The van der Waals surface area contributed by atoms with Crippen molar-refractivity contribution >= 4 is 11.8 Å². The standard InChI is InChI=1S/C14H19NS/c1-2-4-14-12(3-1)9-13(16-14)10-15-8-7-11-5-6-11/h1-4,11,13,15H,5-10H2. The average Bonchev–Trinajstić information content (AvgIpc) is 3.03. The van der Waals surface area contributed by atoms with E-state index >= 15 is 0 Å². The van der Waals surface area contributed by atoms with Gasteiger partial charge in [-0.1, -0.05) is 31.0 Å². The Morgan fingerprint density at radius 3 is 2.94 bits per heavy atom. The third kappa shape index (κ3) is 2.61. The van der Waals surface area contributed by atoms with Crippen LogP contribution < -0.4 is 5.32 Å². The molecule has 1 unspecified atom stereocenters. The van der Waals surface area contributed by atoms with E-state index in [0.29, 0.717) is 0 Å². The molecular weight excluding hydrogens is 214 g/mol. The highest BCUT2D eigenvalue weighted by Crippen LogP contribution is 2.36. The molecule has 1 atom stereocenters. The molecule has 3 rings (SSSR count). The summed E-state index contributed by atoms with van der Waals surface area (Å²) in [4.78, 5) is 1.50. The van der Waals surface area contributed by atoms with Crippen LogP contribution in [0.15, 0.2) is 29.2 Å². The predicted octanol–water partition coefficient (Wildman–Crippen LogP) is 3.09. The van der Waals surface area contributed by atoms with Gasteiger partial charge in [0.15, 0.2) is 0 Å². The molecule has 0 amide bonds. The van der Waals surface area contributed by atoms with Crippen LogP contribution in [0.4, 0.5) is 0 Å². The van der Waals surface area contributed by atoms with E-state index in [9.17, 15) is 0 Å². The summed E-state index contributed by atoms with van der Waals surface area (Å²) < 4.78 is 0. The van der Waals surface area contributed by atoms with E-state index in [1.165, 1.54) is 43.7 Å². The lowest BCUT2D eigenvalue weighted by atomic mass is 10.1. The summed E-state index contributed by atoms with van der Waals surface area (Å²) in [6, 6.07) is 8.83. The quantitative estimate of drug-likeness (QED) is 0.784. The van der Waals surface area contributed by atoms with Gasteiger partial charge < -0.3 is 5.32 Å². The summed E-state index contributed by atoms with van der Waals surface area (Å²) in [5.41, 5.74) is 1.54. The first-order valence-corrected chi connectivity index (χ1v) is 7.25. The van der Waals surface area contributed by atoms with Crippen LogP contribution in [0.1, 0.15) is 24.8 Å². The minimum absolute atomic E-state index is 0.761. The molecule has 1 aliphatic carbocycles. The molecular formula is C14H19NS. The van der Waals surface area contributed by atoms with Crippen LogP contribution in [0.5, 0.6) is 0 Å². The first-order chi connectivity index (χ1) is 7.92. The maximum atomic E-state index is 3.61. The van der Waals surface area contributed by atoms with E-state index in [4.69, 9.17) is 0 Å². The number of benzene rings is 1. The monoisotopic (exact) mass is 233 g/mol. The summed E-state index contributed by atoms with van der Waals surface area (Å²) in [5.74, 6) is 1.06. The minimum Gasteiger partial charge on any atom is -0.316 e. The number of hydrogen-bond donors (Lipinski definition) is 1. The number of rotatable bonds is 5. The van der Waals surface area contributed by atoms with Crippen molar-refractivity contribution in [2.45, 2.75) is 35.8 Å². The Balaban J connectivity index is 1.41. The van der Waals surface area contributed by atoms with Crippen LogP contribution in [0.2, 0.25) is 0 Å². The maximum absolute atomic E-state index is 3.61. The topological polar surface area (TPSA) is 12.0 Å². The predicted molar refractivity (Wildman–Crippen MR) is 70.0 cm³/mol. The van der Waals surface area contributed by atoms with Gasteiger partial charge in [-0.3, -0.25) is 0 Å². The fraction of sp³-hybridized carbons (Fsp3) is 0.571. The molecule has 86 valence electrons. The van der Waals surface area contributed by atoms with Gasteiger partial charge in [-0.15, -0.1) is 11.8 Å². The lowest BCUT2D eigenvalue weighted by molar-refractivity contribution is 0.604. The first kappa shape index (κ1) is 10.7. The average molecular weight is 233 g/mol. The van der Waals surface area contributed by atoms with Crippen LogP contribution in [-0.2, 0) is 6.42 Å². The molecule has 1 fully saturated rings. The Labute approximate surface area is 102 Å². The van der Waals surface area contributed by atoms with E-state index < -0.39 is 0 Å². The second-order valence-corrected chi connectivity index (χ2v) is 6.33. The van der Waals surface area contributed by atoms with Crippen LogP contribution in [-0.4, -0.2) is 18.3 Å². The van der Waals surface area contributed by atoms with Crippen molar-refractivity contribution < 1.29 is 0 Å². The molecule has 1 nitrogen and oxygen atoms in total. The number of hydrogen-bond acceptors (Lipinski definition) is 2. The molecule has 0 bridgehead atoms. The van der Waals surface area contributed by atoms with E-state index in [0.717, 1.165) is 11.2 Å². The highest BCUT2D eigenvalue weighted by atomic mass is 32.2. The molecule has 1 heterocycles. The molecule has 0 saturated heterocycles. The van der Waals surface area contributed by atoms with Crippen molar-refractivity contribution in [3.05, 3.63) is 29.8 Å². The molecule has 0 aromatic heterocycles. The largest absolute Gasteiger partial charge is 0.316 e. The lowest BCUT2D eigenvalue weighted by Crippen LogP contribution is -2.25. The third-order valence-electron chi connectivity index (χ3n) is 3.51. The molecule has 2 aliphatic rings. The summed E-state index contributed by atoms with van der Waals surface area (Å²) in [7, 11) is 0. The van der Waals surface area contributed by atoms with Gasteiger partial charge in [0.05, 0.1) is 0 Å². The molecule has 1 aromatic carbocycles. The normalized spacial score (nSPS) is 23.4. The summed E-state index contributed by atoms with van der Waals surface area (Å²) >= 11 is 2.05. The summed E-state index contributed by atoms with van der Waals surface area (Å²) in [6.45, 7) is 2.39. The fourth-order valence-electron chi connectivity index (χ4n) is 2.34. The van der Waals surface area contributed by atoms with Crippen molar-refractivity contribution in [3.8, 4) is 0 Å². The lowest BCUT2D eigenvalue weighted by Gasteiger charge is -2.09. The number of nitrogens with one attached hydrogen (secondary N) is 1. The van der Waals surface area contributed by atoms with Gasteiger partial charge in [0.2, 0.25) is 0 Å². The molecule has 1 aliphatic heterocycles. The van der Waals surface area contributed by atoms with Crippen LogP contribution in [0.3, 0.4) is 0 Å². The van der Waals surface area contributed by atoms with Crippen molar-refractivity contribution in [1.82, 2.24) is 5.32 Å². The van der Waals surface area contributed by atoms with Gasteiger partial charge in [-0.25, -0.2) is 0 Å². The molecule has 2 heteroatoms. The number of thioether (sulfide) groups is 1. The SMILES string of the molecule is c1ccc2c(c1)CC(CNCCC1CC1)S2. The van der Waals surface area contributed by atoms with E-state index in [1.807, 2.05) is 11.8 Å². The van der Waals surface area contributed by atoms with Crippen molar-refractivity contribution in [2.24, 2.45) is 5.92 Å². The van der Waals surface area contributed by atoms with Crippen LogP contribution >= 0.6 is 11.8 Å². The van der Waals surface area contributed by atoms with Gasteiger partial charge in [-0.2, -0.15) is 0 Å². The zero-order valence-electron chi connectivity index (χ0n) is 9.61. The molecule has 1 aromatic rings. The summed E-state index contributed by atoms with van der Waals surface area (Å²) in [6.07, 6.45) is 5.60. The van der Waals surface area contributed by atoms with E-state index in [2.05, 4.69) is 29.6 Å². The van der Waals surface area contributed by atoms with E-state index in [-0.39, 0.29) is 0 Å². The maximum Gasteiger partial charge on any atom is 0.0260 e. The molecule has 1 N–H and O–H groups in total. The highest BCUT2D eigenvalue weighted by molar-refractivity contribution is 8.00. The third-order valence-corrected chi connectivity index (χ3v) is 4.83. The molecule has 0 radical (unpaired) electrons. The second kappa shape index (κ2) is 4.80.